The molecule has 1 aliphatic heterocycles. The Morgan fingerprint density at radius 1 is 1.08 bits per heavy atom. The summed E-state index contributed by atoms with van der Waals surface area (Å²) in [7, 11) is 0. The van der Waals surface area contributed by atoms with E-state index in [0.717, 1.165) is 35.4 Å². The second kappa shape index (κ2) is 14.8. The first-order valence-electron chi connectivity index (χ1n) is 12.6. The normalized spacial score (nSPS) is 14.2. The molecule has 14 heteroatoms. The molecule has 1 aromatic heterocycles. The summed E-state index contributed by atoms with van der Waals surface area (Å²) in [5.41, 5.74) is 1.61. The van der Waals surface area contributed by atoms with Crippen molar-refractivity contribution in [3.05, 3.63) is 46.7 Å². The summed E-state index contributed by atoms with van der Waals surface area (Å²) < 4.78 is 55.8. The minimum atomic E-state index is -4.89. The predicted molar refractivity (Wildman–Crippen MR) is 137 cm³/mol. The lowest BCUT2D eigenvalue weighted by Gasteiger charge is -2.32. The number of alkyl halides is 3. The maximum atomic E-state index is 12.9. The molecule has 214 valence electrons. The molecular weight excluding hydrogens is 542 g/mol. The van der Waals surface area contributed by atoms with Crippen LogP contribution in [0.15, 0.2) is 29.6 Å². The number of unbranched alkanes of at least 4 members (excludes halogenated alkanes) is 2. The van der Waals surface area contributed by atoms with Crippen molar-refractivity contribution in [3.8, 4) is 0 Å². The van der Waals surface area contributed by atoms with Crippen LogP contribution in [0.25, 0.3) is 0 Å². The van der Waals surface area contributed by atoms with Gasteiger partial charge in [0.05, 0.1) is 12.3 Å². The summed E-state index contributed by atoms with van der Waals surface area (Å²) in [6.07, 6.45) is -1.20. The Morgan fingerprint density at radius 3 is 2.49 bits per heavy atom. The second-order valence-corrected chi connectivity index (χ2v) is 9.94. The molecule has 0 radical (unpaired) electrons. The van der Waals surface area contributed by atoms with E-state index in [1.165, 1.54) is 23.5 Å². The number of hydrogen-bond acceptors (Lipinski definition) is 6. The van der Waals surface area contributed by atoms with Crippen molar-refractivity contribution in [2.75, 3.05) is 31.6 Å². The average molecular weight is 574 g/mol. The monoisotopic (exact) mass is 573 g/mol. The van der Waals surface area contributed by atoms with Crippen molar-refractivity contribution >= 4 is 34.3 Å². The number of carbonyl (C=O) groups is 3. The van der Waals surface area contributed by atoms with Gasteiger partial charge in [-0.3, -0.25) is 14.9 Å². The molecule has 0 atom stereocenters. The van der Waals surface area contributed by atoms with Crippen LogP contribution in [0.4, 0.5) is 27.5 Å². The van der Waals surface area contributed by atoms with Crippen molar-refractivity contribution in [3.63, 3.8) is 0 Å². The number of hydrogen-bond donors (Lipinski definition) is 3. The Kier molecular flexibility index (Phi) is 11.5. The molecular formula is C25H31F4N5O4S. The minimum Gasteiger partial charge on any atom is -0.367 e. The molecule has 2 heterocycles. The molecule has 9 nitrogen and oxygen atoms in total. The van der Waals surface area contributed by atoms with Gasteiger partial charge in [0.15, 0.2) is 5.13 Å². The van der Waals surface area contributed by atoms with Gasteiger partial charge in [-0.25, -0.2) is 14.2 Å². The third-order valence-electron chi connectivity index (χ3n) is 5.98. The summed E-state index contributed by atoms with van der Waals surface area (Å²) in [6.45, 7) is 0.536. The first kappa shape index (κ1) is 30.3. The Hall–Kier alpha value is -3.26. The van der Waals surface area contributed by atoms with Crippen LogP contribution in [-0.2, 0) is 27.4 Å². The van der Waals surface area contributed by atoms with Gasteiger partial charge >= 0.3 is 18.1 Å². The number of benzene rings is 1. The highest BCUT2D eigenvalue weighted by Crippen LogP contribution is 2.22. The molecule has 0 bridgehead atoms. The Labute approximate surface area is 227 Å². The Balaban J connectivity index is 1.22. The van der Waals surface area contributed by atoms with Crippen LogP contribution in [0.5, 0.6) is 0 Å². The lowest BCUT2D eigenvalue weighted by Crippen LogP contribution is -2.50. The topological polar surface area (TPSA) is 113 Å². The maximum Gasteiger partial charge on any atom is 0.471 e. The van der Waals surface area contributed by atoms with E-state index in [4.69, 9.17) is 4.74 Å². The first-order chi connectivity index (χ1) is 18.6. The van der Waals surface area contributed by atoms with Crippen LogP contribution >= 0.6 is 11.3 Å². The van der Waals surface area contributed by atoms with E-state index in [9.17, 15) is 31.9 Å². The molecule has 4 amide bonds. The molecule has 1 fully saturated rings. The van der Waals surface area contributed by atoms with Crippen LogP contribution in [0.3, 0.4) is 0 Å². The number of thiazole rings is 1. The minimum absolute atomic E-state index is 0.0698. The molecule has 1 saturated heterocycles. The number of piperidine rings is 1. The SMILES string of the molecule is O=C(COCc1ccc(F)cc1)NCCCCCc1csc(NC(=O)NC2CCN(C(=O)C(F)(F)F)CC2)n1. The van der Waals surface area contributed by atoms with Crippen molar-refractivity contribution in [2.45, 2.75) is 57.3 Å². The number of aryl methyl sites for hydroxylation is 1. The Bertz CT molecular complexity index is 1090. The van der Waals surface area contributed by atoms with Gasteiger partial charge < -0.3 is 20.3 Å². The standard InChI is InChI=1S/C25H31F4N5O4S/c26-18-7-5-17(6-8-18)14-38-15-21(35)30-11-3-1-2-4-20-16-39-24(32-20)33-23(37)31-19-9-12-34(13-10-19)22(36)25(27,28)29/h5-8,16,19H,1-4,9-15H2,(H,30,35)(H2,31,32,33,37). The maximum absolute atomic E-state index is 12.9. The predicted octanol–water partition coefficient (Wildman–Crippen LogP) is 4.00. The zero-order valence-corrected chi connectivity index (χ0v) is 22.0. The third kappa shape index (κ3) is 10.8. The summed E-state index contributed by atoms with van der Waals surface area (Å²) in [4.78, 5) is 40.5. The van der Waals surface area contributed by atoms with Crippen molar-refractivity contribution < 1.29 is 36.7 Å². The van der Waals surface area contributed by atoms with Gasteiger partial charge in [0, 0.05) is 31.1 Å². The molecule has 0 saturated carbocycles. The summed E-state index contributed by atoms with van der Waals surface area (Å²) in [6, 6.07) is 5.06. The summed E-state index contributed by atoms with van der Waals surface area (Å²) >= 11 is 1.28. The van der Waals surface area contributed by atoms with Gasteiger partial charge in [0.25, 0.3) is 0 Å². The molecule has 3 N–H and O–H groups in total. The summed E-state index contributed by atoms with van der Waals surface area (Å²) in [5, 5.41) is 10.4. The number of anilines is 1. The molecule has 0 unspecified atom stereocenters. The van der Waals surface area contributed by atoms with Gasteiger partial charge in [0.2, 0.25) is 5.91 Å². The van der Waals surface area contributed by atoms with Crippen molar-refractivity contribution in [1.29, 1.82) is 0 Å². The van der Waals surface area contributed by atoms with E-state index in [1.54, 1.807) is 12.1 Å². The number of urea groups is 1. The zero-order chi connectivity index (χ0) is 28.3. The number of likely N-dealkylation sites (tertiary alicyclic amines) is 1. The molecule has 2 aromatic rings. The zero-order valence-electron chi connectivity index (χ0n) is 21.2. The molecule has 1 aliphatic rings. The van der Waals surface area contributed by atoms with Gasteiger partial charge in [-0.2, -0.15) is 13.2 Å². The fraction of sp³-hybridized carbons (Fsp3) is 0.520. The van der Waals surface area contributed by atoms with Crippen molar-refractivity contribution in [2.24, 2.45) is 0 Å². The van der Waals surface area contributed by atoms with Crippen LogP contribution in [-0.4, -0.2) is 66.2 Å². The van der Waals surface area contributed by atoms with E-state index in [-0.39, 0.29) is 56.9 Å². The quantitative estimate of drug-likeness (QED) is 0.263. The highest BCUT2D eigenvalue weighted by atomic mass is 32.1. The number of ether oxygens (including phenoxy) is 1. The molecule has 1 aromatic carbocycles. The third-order valence-corrected chi connectivity index (χ3v) is 6.79. The van der Waals surface area contributed by atoms with E-state index in [0.29, 0.717) is 18.1 Å². The number of nitrogens with zero attached hydrogens (tertiary/aromatic N) is 2. The van der Waals surface area contributed by atoms with Crippen molar-refractivity contribution in [1.82, 2.24) is 20.5 Å². The fourth-order valence-electron chi connectivity index (χ4n) is 3.93. The van der Waals surface area contributed by atoms with Gasteiger partial charge in [-0.1, -0.05) is 18.6 Å². The van der Waals surface area contributed by atoms with Gasteiger partial charge in [0.1, 0.15) is 12.4 Å². The first-order valence-corrected chi connectivity index (χ1v) is 13.4. The van der Waals surface area contributed by atoms with Crippen LogP contribution in [0.2, 0.25) is 0 Å². The van der Waals surface area contributed by atoms with E-state index < -0.39 is 18.1 Å². The number of aromatic nitrogens is 1. The van der Waals surface area contributed by atoms with Crippen LogP contribution in [0.1, 0.15) is 43.4 Å². The fourth-order valence-corrected chi connectivity index (χ4v) is 4.67. The number of nitrogens with one attached hydrogen (secondary N) is 3. The number of halogens is 4. The van der Waals surface area contributed by atoms with Gasteiger partial charge in [-0.05, 0) is 49.8 Å². The van der Waals surface area contributed by atoms with E-state index >= 15 is 0 Å². The number of amides is 4. The lowest BCUT2D eigenvalue weighted by molar-refractivity contribution is -0.186. The molecule has 0 aliphatic carbocycles. The highest BCUT2D eigenvalue weighted by molar-refractivity contribution is 7.13. The Morgan fingerprint density at radius 2 is 1.79 bits per heavy atom. The number of rotatable bonds is 12. The van der Waals surface area contributed by atoms with Crippen LogP contribution in [0, 0.1) is 5.82 Å². The molecule has 0 spiro atoms. The van der Waals surface area contributed by atoms with Gasteiger partial charge in [-0.15, -0.1) is 11.3 Å². The second-order valence-electron chi connectivity index (χ2n) is 9.09. The largest absolute Gasteiger partial charge is 0.471 e. The van der Waals surface area contributed by atoms with E-state index in [2.05, 4.69) is 20.9 Å². The smallest absolute Gasteiger partial charge is 0.367 e. The lowest BCUT2D eigenvalue weighted by atomic mass is 10.1. The average Bonchev–Trinajstić information content (AvgIpc) is 3.33. The number of carbonyl (C=O) groups excluding carboxylic acids is 3. The highest BCUT2D eigenvalue weighted by Gasteiger charge is 2.43. The molecule has 3 rings (SSSR count). The van der Waals surface area contributed by atoms with E-state index in [1.807, 2.05) is 5.38 Å². The summed E-state index contributed by atoms with van der Waals surface area (Å²) in [5.74, 6) is -2.39. The van der Waals surface area contributed by atoms with Crippen LogP contribution < -0.4 is 16.0 Å². The molecule has 39 heavy (non-hydrogen) atoms.